The van der Waals surface area contributed by atoms with Crippen molar-refractivity contribution in [1.82, 2.24) is 9.13 Å². The molecule has 0 spiro atoms. The van der Waals surface area contributed by atoms with E-state index in [2.05, 4.69) is 279 Å². The first-order valence-electron chi connectivity index (χ1n) is 30.8. The number of para-hydroxylation sites is 3. The molecule has 12 aromatic carbocycles. The van der Waals surface area contributed by atoms with Crippen LogP contribution in [0.4, 0.5) is 17.1 Å². The smallest absolute Gasteiger partial charge is 0.149 e. The van der Waals surface area contributed by atoms with Gasteiger partial charge in [-0.05, 0) is 170 Å². The average molecular weight is 1150 g/mol. The number of hydrogen-bond donors (Lipinski definition) is 0. The molecule has 6 heterocycles. The molecule has 4 aromatic heterocycles. The zero-order valence-corrected chi connectivity index (χ0v) is 50.6. The molecular weight excluding hydrogens is 1100 g/mol. The van der Waals surface area contributed by atoms with Crippen LogP contribution in [0.25, 0.3) is 120 Å². The Morgan fingerprint density at radius 3 is 1.70 bits per heavy atom. The molecular formula is C80H57N3O2P2. The maximum atomic E-state index is 8.06. The molecule has 414 valence electrons. The summed E-state index contributed by atoms with van der Waals surface area (Å²) in [6, 6.07) is 87.2. The van der Waals surface area contributed by atoms with Gasteiger partial charge < -0.3 is 22.9 Å². The highest BCUT2D eigenvalue weighted by molar-refractivity contribution is 7.64. The van der Waals surface area contributed by atoms with Gasteiger partial charge in [0.1, 0.15) is 22.3 Å². The first kappa shape index (κ1) is 48.7. The van der Waals surface area contributed by atoms with Crippen LogP contribution in [0, 0.1) is 0 Å². The van der Waals surface area contributed by atoms with Gasteiger partial charge in [0.05, 0.1) is 54.2 Å². The Kier molecular flexibility index (Phi) is 9.48. The molecule has 20 rings (SSSR count). The predicted molar refractivity (Wildman–Crippen MR) is 366 cm³/mol. The van der Waals surface area contributed by atoms with E-state index in [0.29, 0.717) is 0 Å². The summed E-state index contributed by atoms with van der Waals surface area (Å²) in [6.07, 6.45) is 0.840. The van der Waals surface area contributed by atoms with Gasteiger partial charge in [-0.1, -0.05) is 195 Å². The third-order valence-electron chi connectivity index (χ3n) is 20.9. The first-order valence-corrected chi connectivity index (χ1v) is 33.4. The van der Waals surface area contributed by atoms with Crippen molar-refractivity contribution in [1.29, 1.82) is 0 Å². The van der Waals surface area contributed by atoms with Gasteiger partial charge in [-0.25, -0.2) is 0 Å². The van der Waals surface area contributed by atoms with Gasteiger partial charge >= 0.3 is 0 Å². The van der Waals surface area contributed by atoms with Crippen LogP contribution in [0.3, 0.4) is 0 Å². The van der Waals surface area contributed by atoms with Gasteiger partial charge in [0.25, 0.3) is 0 Å². The van der Waals surface area contributed by atoms with Crippen LogP contribution in [0.15, 0.2) is 239 Å². The molecule has 0 bridgehead atoms. The van der Waals surface area contributed by atoms with Gasteiger partial charge in [0, 0.05) is 43.2 Å². The minimum atomic E-state index is -1.23. The van der Waals surface area contributed by atoms with Gasteiger partial charge in [0.15, 0.2) is 0 Å². The molecule has 2 aliphatic carbocycles. The maximum absolute atomic E-state index is 8.06. The van der Waals surface area contributed by atoms with Crippen LogP contribution in [-0.4, -0.2) is 9.13 Å². The van der Waals surface area contributed by atoms with Crippen molar-refractivity contribution in [3.8, 4) is 33.6 Å². The molecule has 4 aliphatic rings. The van der Waals surface area contributed by atoms with Crippen LogP contribution in [0.2, 0.25) is 0 Å². The number of aromatic nitrogens is 2. The van der Waals surface area contributed by atoms with Crippen LogP contribution in [0.1, 0.15) is 85.4 Å². The number of benzene rings is 12. The minimum Gasteiger partial charge on any atom is -0.455 e. The van der Waals surface area contributed by atoms with Gasteiger partial charge in [0.2, 0.25) is 0 Å². The normalized spacial score (nSPS) is 16.5. The number of hydrogen-bond acceptors (Lipinski definition) is 3. The molecule has 0 fully saturated rings. The van der Waals surface area contributed by atoms with E-state index in [1.54, 1.807) is 0 Å². The minimum absolute atomic E-state index is 0.124. The Hall–Kier alpha value is -9.50. The van der Waals surface area contributed by atoms with E-state index in [1.165, 1.54) is 120 Å². The number of fused-ring (bicyclic) bond motifs is 11. The summed E-state index contributed by atoms with van der Waals surface area (Å²) in [4.78, 5) is 2.59. The van der Waals surface area contributed by atoms with E-state index in [-0.39, 0.29) is 22.7 Å². The zero-order chi connectivity index (χ0) is 57.5. The Balaban J connectivity index is 1.04. The van der Waals surface area contributed by atoms with Crippen molar-refractivity contribution >= 4 is 118 Å². The third kappa shape index (κ3) is 6.07. The fourth-order valence-electron chi connectivity index (χ4n) is 17.3. The molecule has 0 radical (unpaired) electrons. The van der Waals surface area contributed by atoms with Gasteiger partial charge in [-0.15, -0.1) is 0 Å². The van der Waals surface area contributed by atoms with Crippen LogP contribution < -0.4 is 4.90 Å². The Bertz CT molecular complexity index is 5810. The topological polar surface area (TPSA) is 39.4 Å². The van der Waals surface area contributed by atoms with Crippen LogP contribution in [-0.2, 0) is 17.3 Å². The SMILES string of the molecule is CC(c1ccccc1)C1Cc2cc3cc4oc5cc6c(c7c5p5c8c(cccc8n(-c8ccccc8)c(c3c3oc8cccc9c8p(c23)c2c1cc1c(c2n9-c2ccccc2)C(C)(C)c2ccccc2-1)c45)N7c1ccccc1)C(C)(C)c1ccccc1-6. The lowest BCUT2D eigenvalue weighted by Crippen LogP contribution is -2.22. The maximum Gasteiger partial charge on any atom is 0.149 e. The Morgan fingerprint density at radius 1 is 0.448 bits per heavy atom. The van der Waals surface area contributed by atoms with Crippen LogP contribution in [0.5, 0.6) is 0 Å². The predicted octanol–water partition coefficient (Wildman–Crippen LogP) is 23.4. The van der Waals surface area contributed by atoms with Crippen molar-refractivity contribution < 1.29 is 8.83 Å². The van der Waals surface area contributed by atoms with Gasteiger partial charge in [-0.3, -0.25) is 0 Å². The van der Waals surface area contributed by atoms with Crippen molar-refractivity contribution in [2.75, 3.05) is 4.90 Å². The van der Waals surface area contributed by atoms with Crippen molar-refractivity contribution in [3.63, 3.8) is 0 Å². The summed E-state index contributed by atoms with van der Waals surface area (Å²) in [5, 5.41) is 10.3. The van der Waals surface area contributed by atoms with E-state index in [4.69, 9.17) is 8.83 Å². The first-order chi connectivity index (χ1) is 42.6. The van der Waals surface area contributed by atoms with E-state index in [9.17, 15) is 0 Å². The summed E-state index contributed by atoms with van der Waals surface area (Å²) in [5.74, 6) is 0.308. The van der Waals surface area contributed by atoms with Crippen molar-refractivity contribution in [2.45, 2.75) is 63.7 Å². The lowest BCUT2D eigenvalue weighted by Gasteiger charge is -2.37. The Labute approximate surface area is 504 Å². The molecule has 16 aromatic rings. The van der Waals surface area contributed by atoms with E-state index < -0.39 is 14.7 Å². The zero-order valence-electron chi connectivity index (χ0n) is 48.9. The lowest BCUT2D eigenvalue weighted by atomic mass is 9.76. The molecule has 2 aliphatic heterocycles. The number of nitrogens with zero attached hydrogens (tertiary/aromatic N) is 3. The summed E-state index contributed by atoms with van der Waals surface area (Å²) in [5.41, 5.74) is 28.9. The fraction of sp³-hybridized carbons (Fsp3) is 0.125. The average Bonchev–Trinajstić information content (AvgIpc) is 1.65. The van der Waals surface area contributed by atoms with E-state index in [0.717, 1.165) is 62.1 Å². The highest BCUT2D eigenvalue weighted by Gasteiger charge is 2.45. The van der Waals surface area contributed by atoms with Crippen LogP contribution >= 0.6 is 14.7 Å². The molecule has 5 nitrogen and oxygen atoms in total. The van der Waals surface area contributed by atoms with E-state index >= 15 is 0 Å². The monoisotopic (exact) mass is 1150 g/mol. The van der Waals surface area contributed by atoms with Crippen molar-refractivity contribution in [2.24, 2.45) is 0 Å². The molecule has 0 amide bonds. The fourth-order valence-corrected chi connectivity index (χ4v) is 23.4. The molecule has 0 N–H and O–H groups in total. The number of rotatable bonds is 5. The molecule has 0 saturated heterocycles. The molecule has 7 heteroatoms. The second-order valence-electron chi connectivity index (χ2n) is 26.0. The summed E-state index contributed by atoms with van der Waals surface area (Å²) in [6.45, 7) is 12.3. The summed E-state index contributed by atoms with van der Waals surface area (Å²) >= 11 is 0. The number of anilines is 3. The lowest BCUT2D eigenvalue weighted by molar-refractivity contribution is 0.578. The van der Waals surface area contributed by atoms with E-state index in [1.807, 2.05) is 0 Å². The third-order valence-corrected chi connectivity index (χ3v) is 26.3. The molecule has 4 unspecified atom stereocenters. The van der Waals surface area contributed by atoms with Crippen molar-refractivity contribution in [3.05, 3.63) is 269 Å². The molecule has 4 atom stereocenters. The summed E-state index contributed by atoms with van der Waals surface area (Å²) < 4.78 is 21.1. The second-order valence-corrected chi connectivity index (χ2v) is 30.0. The second kappa shape index (κ2) is 16.9. The standard InChI is InChI=1S/C80H57N3O2P2/c1-45(46-24-10-6-11-25-46)54-41-48-40-47-42-64-77-69(66(47)72-73(48)86-74-57(54)43-55-52-32-18-20-34-58(52)79(2,3)67(55)70(74)83(51-30-16-9-17-31-51)62-38-23-39-63(85-72)76(62)86)81(49-26-12-7-13-27-49)60-36-22-37-61-75(60)87(77)78-65(84-64)44-56-53-33-19-21-35-59(53)80(4,5)68(56)71(78)82(61)50-28-14-8-15-29-50/h6-40,42-45,54H,41H2,1-5H3. The van der Waals surface area contributed by atoms with Gasteiger partial charge in [-0.2, -0.15) is 0 Å². The molecule has 0 saturated carbocycles. The quantitative estimate of drug-likeness (QED) is 0.127. The highest BCUT2D eigenvalue weighted by atomic mass is 31.1. The summed E-state index contributed by atoms with van der Waals surface area (Å²) in [7, 11) is -2.46. The largest absolute Gasteiger partial charge is 0.455 e. The molecule has 87 heavy (non-hydrogen) atoms. The highest BCUT2D eigenvalue weighted by Crippen LogP contribution is 2.68. The Morgan fingerprint density at radius 2 is 1.01 bits per heavy atom.